The van der Waals surface area contributed by atoms with E-state index in [4.69, 9.17) is 14.2 Å². The second-order valence-corrected chi connectivity index (χ2v) is 8.13. The molecule has 160 valence electrons. The van der Waals surface area contributed by atoms with Gasteiger partial charge in [-0.2, -0.15) is 0 Å². The van der Waals surface area contributed by atoms with E-state index in [9.17, 15) is 4.79 Å². The van der Waals surface area contributed by atoms with Crippen molar-refractivity contribution in [2.75, 3.05) is 13.2 Å². The van der Waals surface area contributed by atoms with Crippen LogP contribution in [0.4, 0.5) is 0 Å². The van der Waals surface area contributed by atoms with Crippen LogP contribution in [0.2, 0.25) is 0 Å². The van der Waals surface area contributed by atoms with Gasteiger partial charge in [0.2, 0.25) is 5.43 Å². The number of ether oxygens (including phenoxy) is 3. The smallest absolute Gasteiger partial charge is 0.227 e. The number of hydrogen-bond acceptors (Lipinski definition) is 5. The molecule has 1 aromatic carbocycles. The molecule has 6 nitrogen and oxygen atoms in total. The molecule has 1 fully saturated rings. The first-order chi connectivity index (χ1) is 15.2. The minimum atomic E-state index is -0.176. The summed E-state index contributed by atoms with van der Waals surface area (Å²) in [6, 6.07) is 13.6. The number of aromatic nitrogens is 2. The molecule has 1 saturated heterocycles. The Bertz CT molecular complexity index is 1130. The summed E-state index contributed by atoms with van der Waals surface area (Å²) in [4.78, 5) is 17.4. The highest BCUT2D eigenvalue weighted by atomic mass is 16.5. The molecule has 0 N–H and O–H groups in total. The van der Waals surface area contributed by atoms with Gasteiger partial charge in [0.1, 0.15) is 13.2 Å². The SMILES string of the molecule is Cc1ccc(COc2c3n(c(OCC4CCCO4)cc2=O)CCc2ccccc2-3)cn1. The largest absolute Gasteiger partial charge is 0.483 e. The average molecular weight is 418 g/mol. The second kappa shape index (κ2) is 8.55. The number of nitrogens with zero attached hydrogens (tertiary/aromatic N) is 2. The van der Waals surface area contributed by atoms with E-state index in [0.29, 0.717) is 18.2 Å². The molecule has 2 aromatic heterocycles. The Morgan fingerprint density at radius 3 is 2.90 bits per heavy atom. The van der Waals surface area contributed by atoms with Crippen molar-refractivity contribution in [1.82, 2.24) is 9.55 Å². The molecule has 1 atom stereocenters. The van der Waals surface area contributed by atoms with Crippen molar-refractivity contribution in [2.45, 2.75) is 45.4 Å². The summed E-state index contributed by atoms with van der Waals surface area (Å²) in [6.07, 6.45) is 4.80. The van der Waals surface area contributed by atoms with Crippen molar-refractivity contribution in [3.05, 3.63) is 75.7 Å². The van der Waals surface area contributed by atoms with Crippen LogP contribution < -0.4 is 14.9 Å². The van der Waals surface area contributed by atoms with Crippen molar-refractivity contribution in [3.8, 4) is 22.9 Å². The Morgan fingerprint density at radius 1 is 1.19 bits per heavy atom. The van der Waals surface area contributed by atoms with Crippen LogP contribution in [0, 0.1) is 6.92 Å². The molecule has 5 rings (SSSR count). The molecular weight excluding hydrogens is 392 g/mol. The van der Waals surface area contributed by atoms with Gasteiger partial charge in [-0.05, 0) is 37.8 Å². The fraction of sp³-hybridized carbons (Fsp3) is 0.360. The predicted octanol–water partition coefficient (Wildman–Crippen LogP) is 3.91. The van der Waals surface area contributed by atoms with Crippen LogP contribution in [-0.4, -0.2) is 28.9 Å². The number of rotatable bonds is 6. The van der Waals surface area contributed by atoms with Crippen molar-refractivity contribution in [2.24, 2.45) is 0 Å². The van der Waals surface area contributed by atoms with E-state index < -0.39 is 0 Å². The molecule has 0 bridgehead atoms. The van der Waals surface area contributed by atoms with E-state index in [1.54, 1.807) is 12.3 Å². The zero-order chi connectivity index (χ0) is 21.2. The Balaban J connectivity index is 1.51. The molecule has 2 aliphatic heterocycles. The van der Waals surface area contributed by atoms with E-state index in [1.165, 1.54) is 5.56 Å². The average Bonchev–Trinajstić information content (AvgIpc) is 3.31. The molecule has 1 unspecified atom stereocenters. The maximum Gasteiger partial charge on any atom is 0.227 e. The number of pyridine rings is 2. The quantitative estimate of drug-likeness (QED) is 0.607. The maximum absolute atomic E-state index is 13.1. The molecule has 2 aliphatic rings. The monoisotopic (exact) mass is 418 g/mol. The Hall–Kier alpha value is -3.12. The topological polar surface area (TPSA) is 62.6 Å². The first-order valence-corrected chi connectivity index (χ1v) is 10.8. The normalized spacial score (nSPS) is 17.1. The fourth-order valence-corrected chi connectivity index (χ4v) is 4.25. The van der Waals surface area contributed by atoms with Crippen molar-refractivity contribution in [3.63, 3.8) is 0 Å². The molecule has 0 radical (unpaired) electrons. The number of benzene rings is 1. The Morgan fingerprint density at radius 2 is 2.10 bits per heavy atom. The first-order valence-electron chi connectivity index (χ1n) is 10.8. The van der Waals surface area contributed by atoms with Gasteiger partial charge in [-0.15, -0.1) is 0 Å². The van der Waals surface area contributed by atoms with Crippen molar-refractivity contribution >= 4 is 0 Å². The molecular formula is C25H26N2O4. The van der Waals surface area contributed by atoms with Gasteiger partial charge in [0, 0.05) is 42.2 Å². The predicted molar refractivity (Wildman–Crippen MR) is 118 cm³/mol. The summed E-state index contributed by atoms with van der Waals surface area (Å²) in [7, 11) is 0. The van der Waals surface area contributed by atoms with Gasteiger partial charge >= 0.3 is 0 Å². The van der Waals surface area contributed by atoms with E-state index in [-0.39, 0.29) is 18.1 Å². The Kier molecular flexibility index (Phi) is 5.47. The fourth-order valence-electron chi connectivity index (χ4n) is 4.25. The highest BCUT2D eigenvalue weighted by Crippen LogP contribution is 2.37. The molecule has 0 spiro atoms. The van der Waals surface area contributed by atoms with Crippen LogP contribution in [-0.2, 0) is 24.3 Å². The minimum absolute atomic E-state index is 0.0900. The molecule has 31 heavy (non-hydrogen) atoms. The molecule has 0 aliphatic carbocycles. The van der Waals surface area contributed by atoms with Gasteiger partial charge in [-0.3, -0.25) is 9.78 Å². The zero-order valence-electron chi connectivity index (χ0n) is 17.7. The third-order valence-electron chi connectivity index (χ3n) is 5.90. The van der Waals surface area contributed by atoms with Crippen LogP contribution in [0.15, 0.2) is 53.5 Å². The van der Waals surface area contributed by atoms with Crippen LogP contribution in [0.3, 0.4) is 0 Å². The molecule has 3 aromatic rings. The van der Waals surface area contributed by atoms with Crippen molar-refractivity contribution in [1.29, 1.82) is 0 Å². The highest BCUT2D eigenvalue weighted by molar-refractivity contribution is 5.72. The van der Waals surface area contributed by atoms with E-state index in [0.717, 1.165) is 54.9 Å². The van der Waals surface area contributed by atoms with Gasteiger partial charge in [-0.25, -0.2) is 0 Å². The summed E-state index contributed by atoms with van der Waals surface area (Å²) in [5, 5.41) is 0. The standard InChI is InChI=1S/C25H26N2O4/c1-17-8-9-18(14-26-17)15-31-25-22(28)13-23(30-16-20-6-4-12-29-20)27-11-10-19-5-2-3-7-21(19)24(25)27/h2-3,5,7-9,13-14,20H,4,6,10-12,15-16H2,1H3. The van der Waals surface area contributed by atoms with Gasteiger partial charge in [0.25, 0.3) is 0 Å². The van der Waals surface area contributed by atoms with Crippen molar-refractivity contribution < 1.29 is 14.2 Å². The van der Waals surface area contributed by atoms with Gasteiger partial charge in [0.05, 0.1) is 11.8 Å². The second-order valence-electron chi connectivity index (χ2n) is 8.13. The maximum atomic E-state index is 13.1. The van der Waals surface area contributed by atoms with Gasteiger partial charge < -0.3 is 18.8 Å². The summed E-state index contributed by atoms with van der Waals surface area (Å²) in [6.45, 7) is 4.19. The van der Waals surface area contributed by atoms with E-state index in [2.05, 4.69) is 15.6 Å². The summed E-state index contributed by atoms with van der Waals surface area (Å²) < 4.78 is 19.9. The summed E-state index contributed by atoms with van der Waals surface area (Å²) in [5.74, 6) is 0.937. The van der Waals surface area contributed by atoms with Crippen LogP contribution in [0.1, 0.15) is 29.7 Å². The lowest BCUT2D eigenvalue weighted by molar-refractivity contribution is 0.0645. The lowest BCUT2D eigenvalue weighted by Crippen LogP contribution is -2.24. The molecule has 0 amide bonds. The third kappa shape index (κ3) is 4.08. The van der Waals surface area contributed by atoms with Gasteiger partial charge in [-0.1, -0.05) is 30.3 Å². The highest BCUT2D eigenvalue weighted by Gasteiger charge is 2.26. The first kappa shape index (κ1) is 19.8. The lowest BCUT2D eigenvalue weighted by atomic mass is 9.96. The summed E-state index contributed by atoms with van der Waals surface area (Å²) >= 11 is 0. The Labute approximate surface area is 181 Å². The molecule has 0 saturated carbocycles. The summed E-state index contributed by atoms with van der Waals surface area (Å²) in [5.41, 5.74) is 4.71. The zero-order valence-corrected chi connectivity index (χ0v) is 17.7. The van der Waals surface area contributed by atoms with Crippen LogP contribution >= 0.6 is 0 Å². The van der Waals surface area contributed by atoms with E-state index in [1.807, 2.05) is 37.3 Å². The number of aryl methyl sites for hydroxylation is 2. The minimum Gasteiger partial charge on any atom is -0.483 e. The number of fused-ring (bicyclic) bond motifs is 3. The molecule has 4 heterocycles. The van der Waals surface area contributed by atoms with Gasteiger partial charge in [0.15, 0.2) is 11.6 Å². The van der Waals surface area contributed by atoms with Crippen LogP contribution in [0.25, 0.3) is 11.3 Å². The third-order valence-corrected chi connectivity index (χ3v) is 5.90. The van der Waals surface area contributed by atoms with Crippen LogP contribution in [0.5, 0.6) is 11.6 Å². The van der Waals surface area contributed by atoms with E-state index >= 15 is 0 Å². The lowest BCUT2D eigenvalue weighted by Gasteiger charge is -2.27. The number of hydrogen-bond donors (Lipinski definition) is 0. The molecule has 6 heteroatoms.